The number of imide groups is 1. The van der Waals surface area contributed by atoms with Gasteiger partial charge in [-0.2, -0.15) is 0 Å². The summed E-state index contributed by atoms with van der Waals surface area (Å²) in [5.41, 5.74) is 2.56. The number of rotatable bonds is 6. The van der Waals surface area contributed by atoms with Crippen LogP contribution in [0.1, 0.15) is 11.1 Å². The zero-order valence-corrected chi connectivity index (χ0v) is 17.4. The number of nitrogens with one attached hydrogen (secondary N) is 1. The Morgan fingerprint density at radius 3 is 2.25 bits per heavy atom. The molecule has 160 valence electrons. The number of nitro groups is 1. The first-order valence-corrected chi connectivity index (χ1v) is 9.74. The van der Waals surface area contributed by atoms with Crippen LogP contribution in [0.3, 0.4) is 0 Å². The second kappa shape index (κ2) is 8.35. The Morgan fingerprint density at radius 1 is 0.938 bits per heavy atom. The van der Waals surface area contributed by atoms with Crippen LogP contribution in [0.4, 0.5) is 17.1 Å². The maximum absolute atomic E-state index is 13.4. The molecule has 32 heavy (non-hydrogen) atoms. The Morgan fingerprint density at radius 2 is 1.62 bits per heavy atom. The van der Waals surface area contributed by atoms with E-state index in [0.717, 1.165) is 10.5 Å². The summed E-state index contributed by atoms with van der Waals surface area (Å²) in [5.74, 6) is -0.566. The van der Waals surface area contributed by atoms with Gasteiger partial charge in [-0.15, -0.1) is 0 Å². The van der Waals surface area contributed by atoms with Gasteiger partial charge in [0, 0.05) is 23.9 Å². The largest absolute Gasteiger partial charge is 0.497 e. The minimum Gasteiger partial charge on any atom is -0.497 e. The molecule has 0 aliphatic carbocycles. The van der Waals surface area contributed by atoms with Gasteiger partial charge in [0.2, 0.25) is 0 Å². The van der Waals surface area contributed by atoms with Crippen LogP contribution in [-0.2, 0) is 9.59 Å². The van der Waals surface area contributed by atoms with Crippen LogP contribution in [-0.4, -0.2) is 23.8 Å². The Labute approximate surface area is 183 Å². The highest BCUT2D eigenvalue weighted by Crippen LogP contribution is 2.35. The van der Waals surface area contributed by atoms with Gasteiger partial charge in [-0.1, -0.05) is 23.8 Å². The SMILES string of the molecule is COc1cccc(N2C(=O)C(Nc3ccc(C)cc3)=C(c3ccc([N+](=O)[O-])cc3)C2=O)c1. The number of methoxy groups -OCH3 is 1. The number of carbonyl (C=O) groups excluding carboxylic acids is 2. The van der Waals surface area contributed by atoms with E-state index < -0.39 is 16.7 Å². The molecule has 1 heterocycles. The monoisotopic (exact) mass is 429 g/mol. The summed E-state index contributed by atoms with van der Waals surface area (Å²) >= 11 is 0. The molecule has 0 saturated heterocycles. The van der Waals surface area contributed by atoms with Crippen LogP contribution in [0.15, 0.2) is 78.5 Å². The van der Waals surface area contributed by atoms with Crippen molar-refractivity contribution in [2.45, 2.75) is 6.92 Å². The lowest BCUT2D eigenvalue weighted by molar-refractivity contribution is -0.384. The topological polar surface area (TPSA) is 102 Å². The van der Waals surface area contributed by atoms with Crippen LogP contribution >= 0.6 is 0 Å². The van der Waals surface area contributed by atoms with Gasteiger partial charge in [-0.3, -0.25) is 19.7 Å². The van der Waals surface area contributed by atoms with Crippen molar-refractivity contribution < 1.29 is 19.2 Å². The van der Waals surface area contributed by atoms with Crippen LogP contribution in [0.5, 0.6) is 5.75 Å². The zero-order valence-electron chi connectivity index (χ0n) is 17.4. The third-order valence-corrected chi connectivity index (χ3v) is 5.08. The van der Waals surface area contributed by atoms with Crippen LogP contribution in [0, 0.1) is 17.0 Å². The lowest BCUT2D eigenvalue weighted by Crippen LogP contribution is -2.32. The summed E-state index contributed by atoms with van der Waals surface area (Å²) in [6.45, 7) is 1.94. The van der Waals surface area contributed by atoms with Gasteiger partial charge < -0.3 is 10.1 Å². The molecule has 3 aromatic rings. The van der Waals surface area contributed by atoms with Crippen molar-refractivity contribution >= 4 is 34.4 Å². The molecule has 0 radical (unpaired) electrons. The summed E-state index contributed by atoms with van der Waals surface area (Å²) in [5, 5.41) is 14.1. The molecule has 0 bridgehead atoms. The molecule has 1 aliphatic heterocycles. The summed E-state index contributed by atoms with van der Waals surface area (Å²) in [6.07, 6.45) is 0. The van der Waals surface area contributed by atoms with Crippen molar-refractivity contribution in [3.8, 4) is 5.75 Å². The summed E-state index contributed by atoms with van der Waals surface area (Å²) < 4.78 is 5.22. The number of hydrogen-bond donors (Lipinski definition) is 1. The van der Waals surface area contributed by atoms with Crippen molar-refractivity contribution in [3.05, 3.63) is 99.7 Å². The van der Waals surface area contributed by atoms with E-state index in [0.29, 0.717) is 22.7 Å². The highest BCUT2D eigenvalue weighted by molar-refractivity contribution is 6.46. The van der Waals surface area contributed by atoms with Crippen LogP contribution in [0.2, 0.25) is 0 Å². The average Bonchev–Trinajstić information content (AvgIpc) is 3.04. The predicted molar refractivity (Wildman–Crippen MR) is 120 cm³/mol. The fraction of sp³-hybridized carbons (Fsp3) is 0.0833. The van der Waals surface area contributed by atoms with E-state index in [1.54, 1.807) is 24.3 Å². The standard InChI is InChI=1S/C24H19N3O5/c1-15-6-10-17(11-7-15)25-22-21(16-8-12-18(13-9-16)27(30)31)23(28)26(24(22)29)19-4-3-5-20(14-19)32-2/h3-14,25H,1-2H3. The van der Waals surface area contributed by atoms with Gasteiger partial charge in [0.1, 0.15) is 11.4 Å². The Kier molecular flexibility index (Phi) is 5.43. The highest BCUT2D eigenvalue weighted by atomic mass is 16.6. The fourth-order valence-electron chi connectivity index (χ4n) is 3.43. The minimum absolute atomic E-state index is 0.0931. The molecule has 1 N–H and O–H groups in total. The molecule has 8 nitrogen and oxygen atoms in total. The number of aryl methyl sites for hydroxylation is 1. The first kappa shape index (κ1) is 20.8. The molecule has 8 heteroatoms. The Balaban J connectivity index is 1.81. The van der Waals surface area contributed by atoms with Gasteiger partial charge in [-0.05, 0) is 48.9 Å². The molecule has 3 aromatic carbocycles. The maximum atomic E-state index is 13.4. The Hall–Kier alpha value is -4.46. The molecule has 0 saturated carbocycles. The van der Waals surface area contributed by atoms with Gasteiger partial charge in [0.25, 0.3) is 17.5 Å². The van der Waals surface area contributed by atoms with E-state index >= 15 is 0 Å². The summed E-state index contributed by atoms with van der Waals surface area (Å²) in [6, 6.07) is 19.5. The second-order valence-corrected chi connectivity index (χ2v) is 7.19. The molecular formula is C24H19N3O5. The molecule has 1 aliphatic rings. The number of amides is 2. The number of nitro benzene ring substituents is 1. The highest BCUT2D eigenvalue weighted by Gasteiger charge is 2.40. The van der Waals surface area contributed by atoms with Crippen molar-refractivity contribution in [1.82, 2.24) is 0 Å². The first-order valence-electron chi connectivity index (χ1n) is 9.74. The molecule has 0 spiro atoms. The van der Waals surface area contributed by atoms with Crippen molar-refractivity contribution in [2.75, 3.05) is 17.3 Å². The number of hydrogen-bond acceptors (Lipinski definition) is 6. The normalized spacial score (nSPS) is 13.5. The Bertz CT molecular complexity index is 1250. The number of anilines is 2. The van der Waals surface area contributed by atoms with Gasteiger partial charge in [-0.25, -0.2) is 4.90 Å². The third kappa shape index (κ3) is 3.81. The lowest BCUT2D eigenvalue weighted by Gasteiger charge is -2.16. The summed E-state index contributed by atoms with van der Waals surface area (Å²) in [7, 11) is 1.50. The van der Waals surface area contributed by atoms with Crippen LogP contribution < -0.4 is 15.0 Å². The van der Waals surface area contributed by atoms with Crippen molar-refractivity contribution in [2.24, 2.45) is 0 Å². The lowest BCUT2D eigenvalue weighted by atomic mass is 10.0. The molecule has 0 atom stereocenters. The van der Waals surface area contributed by atoms with Gasteiger partial charge in [0.15, 0.2) is 0 Å². The van der Waals surface area contributed by atoms with E-state index in [1.807, 2.05) is 31.2 Å². The number of benzene rings is 3. The zero-order chi connectivity index (χ0) is 22.8. The smallest absolute Gasteiger partial charge is 0.282 e. The third-order valence-electron chi connectivity index (χ3n) is 5.08. The number of ether oxygens (including phenoxy) is 1. The maximum Gasteiger partial charge on any atom is 0.282 e. The quantitative estimate of drug-likeness (QED) is 0.356. The minimum atomic E-state index is -0.535. The van der Waals surface area contributed by atoms with Crippen LogP contribution in [0.25, 0.3) is 5.57 Å². The first-order chi connectivity index (χ1) is 15.4. The van der Waals surface area contributed by atoms with E-state index in [4.69, 9.17) is 4.74 Å². The molecule has 2 amide bonds. The number of non-ortho nitro benzene ring substituents is 1. The molecule has 0 unspecified atom stereocenters. The summed E-state index contributed by atoms with van der Waals surface area (Å²) in [4.78, 5) is 38.4. The van der Waals surface area contributed by atoms with E-state index in [-0.39, 0.29) is 17.0 Å². The average molecular weight is 429 g/mol. The molecule has 4 rings (SSSR count). The fourth-order valence-corrected chi connectivity index (χ4v) is 3.43. The number of nitrogens with zero attached hydrogens (tertiary/aromatic N) is 2. The van der Waals surface area contributed by atoms with Crippen molar-refractivity contribution in [1.29, 1.82) is 0 Å². The van der Waals surface area contributed by atoms with E-state index in [2.05, 4.69) is 5.32 Å². The van der Waals surface area contributed by atoms with Gasteiger partial charge in [0.05, 0.1) is 23.3 Å². The van der Waals surface area contributed by atoms with Crippen molar-refractivity contribution in [3.63, 3.8) is 0 Å². The molecule has 0 fully saturated rings. The second-order valence-electron chi connectivity index (χ2n) is 7.19. The number of carbonyl (C=O) groups is 2. The van der Waals surface area contributed by atoms with E-state index in [1.165, 1.54) is 31.4 Å². The molecule has 0 aromatic heterocycles. The van der Waals surface area contributed by atoms with E-state index in [9.17, 15) is 19.7 Å². The van der Waals surface area contributed by atoms with Gasteiger partial charge >= 0.3 is 0 Å². The molecular weight excluding hydrogens is 410 g/mol. The predicted octanol–water partition coefficient (Wildman–Crippen LogP) is 4.31.